The van der Waals surface area contributed by atoms with Crippen molar-refractivity contribution in [1.82, 2.24) is 19.5 Å². The minimum Gasteiger partial charge on any atom is -0.367 e. The van der Waals surface area contributed by atoms with Crippen LogP contribution in [-0.2, 0) is 15.6 Å². The fourth-order valence-corrected chi connectivity index (χ4v) is 4.64. The van der Waals surface area contributed by atoms with Gasteiger partial charge < -0.3 is 10.6 Å². The number of rotatable bonds is 7. The fraction of sp³-hybridized carbons (Fsp3) is 0.364. The molecule has 3 aromatic rings. The van der Waals surface area contributed by atoms with Crippen LogP contribution >= 0.6 is 0 Å². The highest BCUT2D eigenvalue weighted by molar-refractivity contribution is 7.89. The summed E-state index contributed by atoms with van der Waals surface area (Å²) in [5, 5.41) is 6.87. The number of sulfone groups is 1. The SMILES string of the molecule is Cc1cnc(N[C@H]2CC[C@H](Nc3ccc(-n4cc(CS(C)(=O)=O)ccc4=O)cn3)C2)cn1.[HH].[HH]. The first-order chi connectivity index (χ1) is 15.2. The van der Waals surface area contributed by atoms with Gasteiger partial charge in [0.2, 0.25) is 0 Å². The number of aromatic nitrogens is 4. The number of nitrogens with one attached hydrogen (secondary N) is 2. The lowest BCUT2D eigenvalue weighted by Gasteiger charge is -2.16. The molecular formula is C22H30N6O3S. The van der Waals surface area contributed by atoms with E-state index >= 15 is 0 Å². The van der Waals surface area contributed by atoms with Gasteiger partial charge in [0.05, 0.1) is 35.7 Å². The maximum atomic E-state index is 12.3. The van der Waals surface area contributed by atoms with Gasteiger partial charge in [-0.3, -0.25) is 14.3 Å². The van der Waals surface area contributed by atoms with Gasteiger partial charge in [-0.15, -0.1) is 0 Å². The van der Waals surface area contributed by atoms with Crippen molar-refractivity contribution in [1.29, 1.82) is 0 Å². The first-order valence-electron chi connectivity index (χ1n) is 10.4. The standard InChI is InChI=1S/C22H26N6O3S.2H2/c1-15-10-24-21(12-23-15)27-18-5-4-17(9-18)26-20-7-6-19(11-25-20)28-13-16(3-8-22(28)29)14-32(2,30)31;;/h3,6-8,10-13,17-18H,4-5,9,14H2,1-2H3,(H,24,27)(H,25,26);2*1H/t17-,18-;;/m0../s1. The van der Waals surface area contributed by atoms with Crippen LogP contribution < -0.4 is 16.2 Å². The molecule has 0 bridgehead atoms. The van der Waals surface area contributed by atoms with E-state index in [0.717, 1.165) is 36.6 Å². The number of hydrogen-bond donors (Lipinski definition) is 2. The van der Waals surface area contributed by atoms with Gasteiger partial charge in [0, 0.05) is 33.5 Å². The Morgan fingerprint density at radius 3 is 2.34 bits per heavy atom. The molecule has 172 valence electrons. The normalized spacial score (nSPS) is 18.4. The van der Waals surface area contributed by atoms with Crippen LogP contribution in [0.4, 0.5) is 11.6 Å². The Bertz CT molecular complexity index is 1250. The van der Waals surface area contributed by atoms with Gasteiger partial charge in [0.15, 0.2) is 9.84 Å². The van der Waals surface area contributed by atoms with Crippen molar-refractivity contribution in [2.24, 2.45) is 0 Å². The van der Waals surface area contributed by atoms with E-state index < -0.39 is 9.84 Å². The molecule has 1 aliphatic carbocycles. The number of hydrogen-bond acceptors (Lipinski definition) is 8. The predicted octanol–water partition coefficient (Wildman–Crippen LogP) is 2.81. The summed E-state index contributed by atoms with van der Waals surface area (Å²) < 4.78 is 24.5. The van der Waals surface area contributed by atoms with E-state index in [0.29, 0.717) is 17.3 Å². The molecule has 1 fully saturated rings. The molecular weight excluding hydrogens is 428 g/mol. The largest absolute Gasteiger partial charge is 0.367 e. The van der Waals surface area contributed by atoms with Crippen molar-refractivity contribution in [3.05, 3.63) is 70.7 Å². The molecule has 9 nitrogen and oxygen atoms in total. The van der Waals surface area contributed by atoms with Gasteiger partial charge in [0.25, 0.3) is 5.56 Å². The minimum atomic E-state index is -3.19. The number of pyridine rings is 2. The van der Waals surface area contributed by atoms with Crippen LogP contribution in [0.25, 0.3) is 5.69 Å². The van der Waals surface area contributed by atoms with Crippen molar-refractivity contribution in [3.63, 3.8) is 0 Å². The zero-order valence-corrected chi connectivity index (χ0v) is 18.8. The molecule has 0 amide bonds. The van der Waals surface area contributed by atoms with E-state index in [1.807, 2.05) is 13.0 Å². The lowest BCUT2D eigenvalue weighted by Crippen LogP contribution is -2.22. The van der Waals surface area contributed by atoms with E-state index in [1.165, 1.54) is 23.0 Å². The first-order valence-corrected chi connectivity index (χ1v) is 12.5. The van der Waals surface area contributed by atoms with Crippen LogP contribution in [-0.4, -0.2) is 46.3 Å². The highest BCUT2D eigenvalue weighted by atomic mass is 32.2. The Balaban J connectivity index is 0.00000204. The van der Waals surface area contributed by atoms with Gasteiger partial charge in [-0.2, -0.15) is 0 Å². The van der Waals surface area contributed by atoms with Gasteiger partial charge in [-0.1, -0.05) is 6.07 Å². The van der Waals surface area contributed by atoms with E-state index in [2.05, 4.69) is 25.6 Å². The Morgan fingerprint density at radius 2 is 1.72 bits per heavy atom. The van der Waals surface area contributed by atoms with Gasteiger partial charge in [-0.25, -0.2) is 18.4 Å². The molecule has 1 saturated carbocycles. The number of anilines is 2. The Kier molecular flexibility index (Phi) is 6.22. The van der Waals surface area contributed by atoms with Crippen molar-refractivity contribution < 1.29 is 11.3 Å². The summed E-state index contributed by atoms with van der Waals surface area (Å²) in [6, 6.07) is 7.14. The van der Waals surface area contributed by atoms with Gasteiger partial charge in [-0.05, 0) is 43.9 Å². The third-order valence-corrected chi connectivity index (χ3v) is 6.20. The summed E-state index contributed by atoms with van der Waals surface area (Å²) >= 11 is 0. The quantitative estimate of drug-likeness (QED) is 0.555. The lowest BCUT2D eigenvalue weighted by atomic mass is 10.2. The van der Waals surface area contributed by atoms with Gasteiger partial charge >= 0.3 is 0 Å². The molecule has 0 aliphatic heterocycles. The highest BCUT2D eigenvalue weighted by Gasteiger charge is 2.25. The molecule has 0 unspecified atom stereocenters. The third-order valence-electron chi connectivity index (χ3n) is 5.34. The molecule has 2 atom stereocenters. The number of aryl methyl sites for hydroxylation is 1. The van der Waals surface area contributed by atoms with Crippen molar-refractivity contribution in [3.8, 4) is 5.69 Å². The van der Waals surface area contributed by atoms with E-state index in [-0.39, 0.29) is 20.2 Å². The Morgan fingerprint density at radius 1 is 1.00 bits per heavy atom. The van der Waals surface area contributed by atoms with Crippen LogP contribution in [0.1, 0.15) is 33.4 Å². The molecule has 2 N–H and O–H groups in total. The lowest BCUT2D eigenvalue weighted by molar-refractivity contribution is 0.601. The second-order valence-corrected chi connectivity index (χ2v) is 10.4. The highest BCUT2D eigenvalue weighted by Crippen LogP contribution is 2.25. The van der Waals surface area contributed by atoms with E-state index in [1.54, 1.807) is 30.9 Å². The van der Waals surface area contributed by atoms with Crippen molar-refractivity contribution in [2.75, 3.05) is 16.9 Å². The second-order valence-electron chi connectivity index (χ2n) is 8.26. The summed E-state index contributed by atoms with van der Waals surface area (Å²) in [5.74, 6) is 1.40. The van der Waals surface area contributed by atoms with Gasteiger partial charge in [0.1, 0.15) is 11.6 Å². The molecule has 3 heterocycles. The summed E-state index contributed by atoms with van der Waals surface area (Å²) in [5.41, 5.74) is 1.78. The molecule has 10 heteroatoms. The van der Waals surface area contributed by atoms with Crippen LogP contribution in [0, 0.1) is 6.92 Å². The molecule has 0 spiro atoms. The Labute approximate surface area is 189 Å². The van der Waals surface area contributed by atoms with Crippen molar-refractivity contribution >= 4 is 21.5 Å². The average molecular weight is 459 g/mol. The molecule has 1 aliphatic rings. The van der Waals surface area contributed by atoms with Crippen LogP contribution in [0.3, 0.4) is 0 Å². The van der Waals surface area contributed by atoms with Crippen LogP contribution in [0.5, 0.6) is 0 Å². The fourth-order valence-electron chi connectivity index (χ4n) is 3.86. The molecule has 0 radical (unpaired) electrons. The average Bonchev–Trinajstić information content (AvgIpc) is 3.17. The topological polar surface area (TPSA) is 119 Å². The molecule has 0 aromatic carbocycles. The zero-order valence-electron chi connectivity index (χ0n) is 18.0. The summed E-state index contributed by atoms with van der Waals surface area (Å²) in [4.78, 5) is 25.3. The smallest absolute Gasteiger partial charge is 0.255 e. The third kappa shape index (κ3) is 5.70. The van der Waals surface area contributed by atoms with E-state index in [9.17, 15) is 13.2 Å². The first kappa shape index (κ1) is 21.9. The second kappa shape index (κ2) is 9.07. The maximum Gasteiger partial charge on any atom is 0.255 e. The zero-order chi connectivity index (χ0) is 22.7. The molecule has 3 aromatic heterocycles. The van der Waals surface area contributed by atoms with E-state index in [4.69, 9.17) is 0 Å². The van der Waals surface area contributed by atoms with Crippen LogP contribution in [0.15, 0.2) is 53.8 Å². The monoisotopic (exact) mass is 458 g/mol. The van der Waals surface area contributed by atoms with Crippen LogP contribution in [0.2, 0.25) is 0 Å². The molecule has 0 saturated heterocycles. The molecule has 32 heavy (non-hydrogen) atoms. The minimum absolute atomic E-state index is 0. The summed E-state index contributed by atoms with van der Waals surface area (Å²) in [7, 11) is -3.19. The van der Waals surface area contributed by atoms with Crippen molar-refractivity contribution in [2.45, 2.75) is 44.0 Å². The Hall–Kier alpha value is -3.27. The molecule has 4 rings (SSSR count). The maximum absolute atomic E-state index is 12.3. The summed E-state index contributed by atoms with van der Waals surface area (Å²) in [6.07, 6.45) is 10.8. The summed E-state index contributed by atoms with van der Waals surface area (Å²) in [6.45, 7) is 1.91. The predicted molar refractivity (Wildman–Crippen MR) is 128 cm³/mol. The number of nitrogens with zero attached hydrogens (tertiary/aromatic N) is 4.